The van der Waals surface area contributed by atoms with E-state index >= 15 is 0 Å². The third-order valence-corrected chi connectivity index (χ3v) is 3.96. The Kier molecular flexibility index (Phi) is 3.01. The second-order valence-electron chi connectivity index (χ2n) is 6.36. The predicted octanol–water partition coefficient (Wildman–Crippen LogP) is 3.73. The number of nitrogens with zero attached hydrogens (tertiary/aromatic N) is 3. The van der Waals surface area contributed by atoms with E-state index in [1.54, 1.807) is 6.92 Å². The topological polar surface area (TPSA) is 74.2 Å². The summed E-state index contributed by atoms with van der Waals surface area (Å²) in [4.78, 5) is 8.76. The summed E-state index contributed by atoms with van der Waals surface area (Å²) >= 11 is 0. The molecule has 3 heterocycles. The van der Waals surface area contributed by atoms with Gasteiger partial charge in [-0.1, -0.05) is 23.4 Å². The number of rotatable bonds is 2. The number of aryl methyl sites for hydroxylation is 1. The highest BCUT2D eigenvalue weighted by Gasteiger charge is 2.37. The molecule has 6 heteroatoms. The molecule has 0 radical (unpaired) electrons. The van der Waals surface area contributed by atoms with Gasteiger partial charge in [0, 0.05) is 18.9 Å². The van der Waals surface area contributed by atoms with Crippen LogP contribution in [0.15, 0.2) is 39.5 Å². The van der Waals surface area contributed by atoms with Crippen molar-refractivity contribution >= 4 is 0 Å². The summed E-state index contributed by atoms with van der Waals surface area (Å²) in [5, 5.41) is 4.05. The summed E-state index contributed by atoms with van der Waals surface area (Å²) in [5.74, 6) is 2.46. The van der Waals surface area contributed by atoms with Crippen LogP contribution in [0, 0.1) is 6.92 Å². The number of aromatic nitrogens is 3. The molecular weight excluding hydrogens is 294 g/mol. The van der Waals surface area contributed by atoms with Crippen molar-refractivity contribution < 1.29 is 13.7 Å². The molecule has 23 heavy (non-hydrogen) atoms. The Morgan fingerprint density at radius 3 is 2.78 bits per heavy atom. The SMILES string of the molecule is Cc1nc(-c2noc(C3CC(C)(C)Oc4ccccc43)n2)co1. The highest BCUT2D eigenvalue weighted by atomic mass is 16.5. The molecule has 0 aliphatic carbocycles. The summed E-state index contributed by atoms with van der Waals surface area (Å²) in [6.45, 7) is 5.91. The van der Waals surface area contributed by atoms with Crippen molar-refractivity contribution in [1.29, 1.82) is 0 Å². The van der Waals surface area contributed by atoms with Crippen molar-refractivity contribution in [3.05, 3.63) is 47.9 Å². The van der Waals surface area contributed by atoms with Gasteiger partial charge in [0.05, 0.1) is 5.92 Å². The fraction of sp³-hybridized carbons (Fsp3) is 0.353. The van der Waals surface area contributed by atoms with E-state index in [0.29, 0.717) is 23.3 Å². The Labute approximate surface area is 133 Å². The third-order valence-electron chi connectivity index (χ3n) is 3.96. The van der Waals surface area contributed by atoms with Gasteiger partial charge >= 0.3 is 0 Å². The first-order valence-electron chi connectivity index (χ1n) is 7.56. The smallest absolute Gasteiger partial charge is 0.234 e. The van der Waals surface area contributed by atoms with E-state index in [1.165, 1.54) is 6.26 Å². The van der Waals surface area contributed by atoms with Crippen molar-refractivity contribution in [3.8, 4) is 17.3 Å². The van der Waals surface area contributed by atoms with Gasteiger partial charge in [0.2, 0.25) is 11.7 Å². The van der Waals surface area contributed by atoms with Gasteiger partial charge in [-0.15, -0.1) is 0 Å². The predicted molar refractivity (Wildman–Crippen MR) is 82.1 cm³/mol. The van der Waals surface area contributed by atoms with Crippen LogP contribution in [0.5, 0.6) is 5.75 Å². The molecule has 1 unspecified atom stereocenters. The van der Waals surface area contributed by atoms with Gasteiger partial charge in [0.25, 0.3) is 0 Å². The summed E-state index contributed by atoms with van der Waals surface area (Å²) in [5.41, 5.74) is 1.36. The molecule has 1 aromatic carbocycles. The lowest BCUT2D eigenvalue weighted by molar-refractivity contribution is 0.0725. The van der Waals surface area contributed by atoms with Crippen molar-refractivity contribution in [1.82, 2.24) is 15.1 Å². The molecule has 2 aromatic heterocycles. The van der Waals surface area contributed by atoms with Gasteiger partial charge in [-0.2, -0.15) is 4.98 Å². The Morgan fingerprint density at radius 1 is 1.17 bits per heavy atom. The maximum Gasteiger partial charge on any atom is 0.234 e. The molecule has 0 saturated carbocycles. The molecule has 118 valence electrons. The Bertz CT molecular complexity index is 850. The quantitative estimate of drug-likeness (QED) is 0.718. The van der Waals surface area contributed by atoms with Crippen LogP contribution >= 0.6 is 0 Å². The van der Waals surface area contributed by atoms with E-state index < -0.39 is 0 Å². The van der Waals surface area contributed by atoms with Crippen LogP contribution in [0.4, 0.5) is 0 Å². The molecule has 0 amide bonds. The summed E-state index contributed by atoms with van der Waals surface area (Å²) < 4.78 is 16.8. The number of benzene rings is 1. The van der Waals surface area contributed by atoms with E-state index in [2.05, 4.69) is 29.0 Å². The number of hydrogen-bond acceptors (Lipinski definition) is 6. The Morgan fingerprint density at radius 2 is 2.00 bits per heavy atom. The minimum atomic E-state index is -0.294. The van der Waals surface area contributed by atoms with E-state index in [-0.39, 0.29) is 11.5 Å². The van der Waals surface area contributed by atoms with Gasteiger partial charge in [-0.25, -0.2) is 4.98 Å². The maximum absolute atomic E-state index is 6.05. The highest BCUT2D eigenvalue weighted by molar-refractivity contribution is 5.47. The van der Waals surface area contributed by atoms with Gasteiger partial charge in [0.1, 0.15) is 23.3 Å². The summed E-state index contributed by atoms with van der Waals surface area (Å²) in [6, 6.07) is 7.97. The van der Waals surface area contributed by atoms with E-state index in [1.807, 2.05) is 24.3 Å². The first kappa shape index (κ1) is 14.0. The normalized spacial score (nSPS) is 19.2. The molecule has 1 atom stereocenters. The second-order valence-corrected chi connectivity index (χ2v) is 6.36. The maximum atomic E-state index is 6.05. The average Bonchev–Trinajstić information content (AvgIpc) is 3.14. The minimum Gasteiger partial charge on any atom is -0.488 e. The highest BCUT2D eigenvalue weighted by Crippen LogP contribution is 2.43. The second kappa shape index (κ2) is 4.94. The van der Waals surface area contributed by atoms with Crippen LogP contribution in [0.3, 0.4) is 0 Å². The molecule has 0 N–H and O–H groups in total. The van der Waals surface area contributed by atoms with Crippen LogP contribution in [0.25, 0.3) is 11.5 Å². The molecule has 1 aliphatic heterocycles. The molecular formula is C17H17N3O3. The Balaban J connectivity index is 1.74. The van der Waals surface area contributed by atoms with Crippen LogP contribution in [-0.2, 0) is 0 Å². The van der Waals surface area contributed by atoms with Crippen molar-refractivity contribution in [2.75, 3.05) is 0 Å². The average molecular weight is 311 g/mol. The number of fused-ring (bicyclic) bond motifs is 1. The molecule has 4 rings (SSSR count). The molecule has 0 saturated heterocycles. The van der Waals surface area contributed by atoms with E-state index in [9.17, 15) is 0 Å². The van der Waals surface area contributed by atoms with Crippen molar-refractivity contribution in [2.24, 2.45) is 0 Å². The van der Waals surface area contributed by atoms with Gasteiger partial charge in [-0.05, 0) is 19.9 Å². The van der Waals surface area contributed by atoms with Crippen molar-refractivity contribution in [3.63, 3.8) is 0 Å². The zero-order chi connectivity index (χ0) is 16.0. The van der Waals surface area contributed by atoms with Crippen LogP contribution in [0.1, 0.15) is 43.5 Å². The number of ether oxygens (including phenoxy) is 1. The number of hydrogen-bond donors (Lipinski definition) is 0. The Hall–Kier alpha value is -2.63. The molecule has 0 bridgehead atoms. The van der Waals surface area contributed by atoms with E-state index in [4.69, 9.17) is 13.7 Å². The van der Waals surface area contributed by atoms with Gasteiger partial charge in [-0.3, -0.25) is 0 Å². The zero-order valence-corrected chi connectivity index (χ0v) is 13.2. The molecule has 3 aromatic rings. The molecule has 0 spiro atoms. The largest absolute Gasteiger partial charge is 0.488 e. The molecule has 6 nitrogen and oxygen atoms in total. The van der Waals surface area contributed by atoms with Crippen LogP contribution < -0.4 is 4.74 Å². The first-order valence-corrected chi connectivity index (χ1v) is 7.56. The first-order chi connectivity index (χ1) is 11.0. The van der Waals surface area contributed by atoms with Gasteiger partial charge < -0.3 is 13.7 Å². The molecule has 1 aliphatic rings. The summed E-state index contributed by atoms with van der Waals surface area (Å²) in [6.07, 6.45) is 2.30. The number of oxazole rings is 1. The van der Waals surface area contributed by atoms with E-state index in [0.717, 1.165) is 17.7 Å². The third kappa shape index (κ3) is 2.50. The van der Waals surface area contributed by atoms with Crippen molar-refractivity contribution in [2.45, 2.75) is 38.7 Å². The summed E-state index contributed by atoms with van der Waals surface area (Å²) in [7, 11) is 0. The fourth-order valence-electron chi connectivity index (χ4n) is 2.97. The van der Waals surface area contributed by atoms with Crippen LogP contribution in [-0.4, -0.2) is 20.7 Å². The molecule has 0 fully saturated rings. The van der Waals surface area contributed by atoms with Crippen LogP contribution in [0.2, 0.25) is 0 Å². The lowest BCUT2D eigenvalue weighted by atomic mass is 9.84. The standard InChI is InChI=1S/C17H17N3O3/c1-10-18-13(9-21-10)15-19-16(23-20-15)12-8-17(2,3)22-14-7-5-4-6-11(12)14/h4-7,9,12H,8H2,1-3H3. The zero-order valence-electron chi connectivity index (χ0n) is 13.2. The lowest BCUT2D eigenvalue weighted by Gasteiger charge is -2.36. The minimum absolute atomic E-state index is 0.00389. The fourth-order valence-corrected chi connectivity index (χ4v) is 2.97. The monoisotopic (exact) mass is 311 g/mol. The number of para-hydroxylation sites is 1. The van der Waals surface area contributed by atoms with Gasteiger partial charge in [0.15, 0.2) is 5.89 Å². The lowest BCUT2D eigenvalue weighted by Crippen LogP contribution is -2.35.